The molecule has 0 saturated carbocycles. The molecule has 2 aromatic rings. The molecule has 1 saturated heterocycles. The number of aromatic amines is 1. The summed E-state index contributed by atoms with van der Waals surface area (Å²) >= 11 is 0. The van der Waals surface area contributed by atoms with Crippen molar-refractivity contribution in [2.24, 2.45) is 0 Å². The number of ether oxygens (including phenoxy) is 1. The molecule has 9 heteroatoms. The fraction of sp³-hybridized carbons (Fsp3) is 0.478. The van der Waals surface area contributed by atoms with Gasteiger partial charge in [-0.05, 0) is 37.0 Å². The number of likely N-dealkylation sites (tertiary alicyclic amines) is 1. The van der Waals surface area contributed by atoms with Gasteiger partial charge in [0.15, 0.2) is 0 Å². The summed E-state index contributed by atoms with van der Waals surface area (Å²) in [6.07, 6.45) is 3.08. The van der Waals surface area contributed by atoms with Crippen molar-refractivity contribution in [3.8, 4) is 0 Å². The minimum Gasteiger partial charge on any atom is -0.375 e. The first-order chi connectivity index (χ1) is 15.5. The number of hydrogen-bond donors (Lipinski definition) is 1. The number of hydrogen-bond acceptors (Lipinski definition) is 5. The Morgan fingerprint density at radius 1 is 1.25 bits per heavy atom. The second-order valence-electron chi connectivity index (χ2n) is 8.28. The van der Waals surface area contributed by atoms with Crippen molar-refractivity contribution in [3.63, 3.8) is 0 Å². The monoisotopic (exact) mass is 442 g/mol. The minimum atomic E-state index is -0.371. The first-order valence-electron chi connectivity index (χ1n) is 10.9. The van der Waals surface area contributed by atoms with Gasteiger partial charge in [0, 0.05) is 26.6 Å². The summed E-state index contributed by atoms with van der Waals surface area (Å²) in [7, 11) is 1.46. The van der Waals surface area contributed by atoms with Crippen molar-refractivity contribution in [3.05, 3.63) is 63.1 Å². The lowest BCUT2D eigenvalue weighted by Gasteiger charge is -2.36. The first kappa shape index (κ1) is 22.1. The maximum atomic E-state index is 13.5. The normalized spacial score (nSPS) is 18.4. The summed E-state index contributed by atoms with van der Waals surface area (Å²) in [6, 6.07) is 5.72. The number of aromatic nitrogens is 2. The second-order valence-corrected chi connectivity index (χ2v) is 8.28. The molecule has 1 fully saturated rings. The Bertz CT molecular complexity index is 1070. The molecule has 3 heterocycles. The zero-order chi connectivity index (χ0) is 22.7. The Balaban J connectivity index is 1.55. The predicted molar refractivity (Wildman–Crippen MR) is 114 cm³/mol. The van der Waals surface area contributed by atoms with Crippen LogP contribution in [0.1, 0.15) is 47.9 Å². The van der Waals surface area contributed by atoms with Crippen LogP contribution in [0.4, 0.5) is 4.39 Å². The fourth-order valence-corrected chi connectivity index (χ4v) is 4.47. The summed E-state index contributed by atoms with van der Waals surface area (Å²) in [5, 5.41) is 0. The molecule has 170 valence electrons. The standard InChI is InChI=1S/C23H27FN4O4/c1-32-14-21(30)27-10-8-18-17(13-27)23(31)26-22(25-18)19-7-2-3-9-28(19)20(29)12-15-5-4-6-16(24)11-15/h4-6,11,19H,2-3,7-10,12-14H2,1H3,(H,25,26,31)/t19-/m1/s1. The Labute approximate surface area is 185 Å². The second kappa shape index (κ2) is 9.60. The molecule has 2 amide bonds. The highest BCUT2D eigenvalue weighted by atomic mass is 19.1. The summed E-state index contributed by atoms with van der Waals surface area (Å²) < 4.78 is 18.4. The van der Waals surface area contributed by atoms with E-state index in [9.17, 15) is 18.8 Å². The van der Waals surface area contributed by atoms with Gasteiger partial charge in [-0.2, -0.15) is 0 Å². The number of rotatable bonds is 5. The molecule has 1 aromatic heterocycles. The molecule has 2 aliphatic heterocycles. The van der Waals surface area contributed by atoms with Gasteiger partial charge in [0.1, 0.15) is 18.2 Å². The number of nitrogens with one attached hydrogen (secondary N) is 1. The van der Waals surface area contributed by atoms with E-state index >= 15 is 0 Å². The number of amides is 2. The minimum absolute atomic E-state index is 0.0246. The van der Waals surface area contributed by atoms with E-state index in [0.717, 1.165) is 12.8 Å². The first-order valence-corrected chi connectivity index (χ1v) is 10.9. The van der Waals surface area contributed by atoms with Crippen LogP contribution in [0.2, 0.25) is 0 Å². The third-order valence-electron chi connectivity index (χ3n) is 6.09. The molecule has 2 aliphatic rings. The predicted octanol–water partition coefficient (Wildman–Crippen LogP) is 1.74. The van der Waals surface area contributed by atoms with E-state index in [1.807, 2.05) is 0 Å². The number of fused-ring (bicyclic) bond motifs is 1. The van der Waals surface area contributed by atoms with Crippen molar-refractivity contribution in [2.75, 3.05) is 26.8 Å². The Morgan fingerprint density at radius 2 is 2.09 bits per heavy atom. The maximum Gasteiger partial charge on any atom is 0.256 e. The molecule has 0 aliphatic carbocycles. The van der Waals surface area contributed by atoms with Crippen molar-refractivity contribution in [2.45, 2.75) is 44.7 Å². The largest absolute Gasteiger partial charge is 0.375 e. The van der Waals surface area contributed by atoms with Crippen LogP contribution in [0.15, 0.2) is 29.1 Å². The van der Waals surface area contributed by atoms with Crippen LogP contribution in [0.5, 0.6) is 0 Å². The van der Waals surface area contributed by atoms with E-state index in [1.54, 1.807) is 21.9 Å². The lowest BCUT2D eigenvalue weighted by Crippen LogP contribution is -2.43. The number of H-pyrrole nitrogens is 1. The smallest absolute Gasteiger partial charge is 0.256 e. The molecular formula is C23H27FN4O4. The van der Waals surface area contributed by atoms with Crippen LogP contribution in [-0.2, 0) is 33.7 Å². The van der Waals surface area contributed by atoms with Crippen LogP contribution in [-0.4, -0.2) is 58.4 Å². The molecule has 1 aromatic carbocycles. The van der Waals surface area contributed by atoms with Crippen LogP contribution in [0.3, 0.4) is 0 Å². The molecule has 1 N–H and O–H groups in total. The van der Waals surface area contributed by atoms with E-state index < -0.39 is 0 Å². The van der Waals surface area contributed by atoms with Crippen LogP contribution >= 0.6 is 0 Å². The quantitative estimate of drug-likeness (QED) is 0.761. The van der Waals surface area contributed by atoms with Crippen molar-refractivity contribution in [1.82, 2.24) is 19.8 Å². The van der Waals surface area contributed by atoms with Gasteiger partial charge < -0.3 is 19.5 Å². The van der Waals surface area contributed by atoms with E-state index in [0.29, 0.717) is 48.6 Å². The zero-order valence-corrected chi connectivity index (χ0v) is 18.1. The molecular weight excluding hydrogens is 415 g/mol. The highest BCUT2D eigenvalue weighted by molar-refractivity contribution is 5.79. The average molecular weight is 442 g/mol. The van der Waals surface area contributed by atoms with Gasteiger partial charge in [-0.1, -0.05) is 12.1 Å². The van der Waals surface area contributed by atoms with Gasteiger partial charge in [-0.3, -0.25) is 14.4 Å². The molecule has 0 bridgehead atoms. The number of nitrogens with zero attached hydrogens (tertiary/aromatic N) is 3. The fourth-order valence-electron chi connectivity index (χ4n) is 4.47. The number of carbonyl (C=O) groups is 2. The molecule has 0 radical (unpaired) electrons. The van der Waals surface area contributed by atoms with Crippen molar-refractivity contribution >= 4 is 11.8 Å². The molecule has 0 spiro atoms. The lowest BCUT2D eigenvalue weighted by atomic mass is 9.99. The van der Waals surface area contributed by atoms with E-state index in [1.165, 1.54) is 19.2 Å². The number of halogens is 1. The molecule has 1 atom stereocenters. The van der Waals surface area contributed by atoms with E-state index in [2.05, 4.69) is 4.98 Å². The average Bonchev–Trinajstić information content (AvgIpc) is 2.79. The van der Waals surface area contributed by atoms with Gasteiger partial charge in [0.2, 0.25) is 11.8 Å². The van der Waals surface area contributed by atoms with Crippen molar-refractivity contribution in [1.29, 1.82) is 0 Å². The molecule has 8 nitrogen and oxygen atoms in total. The highest BCUT2D eigenvalue weighted by Crippen LogP contribution is 2.30. The zero-order valence-electron chi connectivity index (χ0n) is 18.1. The van der Waals surface area contributed by atoms with Gasteiger partial charge in [-0.15, -0.1) is 0 Å². The van der Waals surface area contributed by atoms with Crippen LogP contribution < -0.4 is 5.56 Å². The number of benzene rings is 1. The molecule has 4 rings (SSSR count). The SMILES string of the molecule is COCC(=O)N1CCc2nc([C@H]3CCCCN3C(=O)Cc3cccc(F)c3)[nH]c(=O)c2C1. The van der Waals surface area contributed by atoms with Crippen LogP contribution in [0, 0.1) is 5.82 Å². The Morgan fingerprint density at radius 3 is 2.88 bits per heavy atom. The Hall–Kier alpha value is -3.07. The van der Waals surface area contributed by atoms with Gasteiger partial charge in [0.25, 0.3) is 5.56 Å². The highest BCUT2D eigenvalue weighted by Gasteiger charge is 2.32. The number of piperidine rings is 1. The van der Waals surface area contributed by atoms with Crippen LogP contribution in [0.25, 0.3) is 0 Å². The summed E-state index contributed by atoms with van der Waals surface area (Å²) in [4.78, 5) is 48.9. The van der Waals surface area contributed by atoms with Gasteiger partial charge in [0.05, 0.1) is 30.3 Å². The molecule has 32 heavy (non-hydrogen) atoms. The third kappa shape index (κ3) is 4.72. The van der Waals surface area contributed by atoms with Gasteiger partial charge >= 0.3 is 0 Å². The van der Waals surface area contributed by atoms with E-state index in [4.69, 9.17) is 9.72 Å². The number of methoxy groups -OCH3 is 1. The number of carbonyl (C=O) groups excluding carboxylic acids is 2. The summed E-state index contributed by atoms with van der Waals surface area (Å²) in [5.74, 6) is -0.165. The maximum absolute atomic E-state index is 13.5. The topological polar surface area (TPSA) is 95.6 Å². The Kier molecular flexibility index (Phi) is 6.64. The van der Waals surface area contributed by atoms with Gasteiger partial charge in [-0.25, -0.2) is 9.37 Å². The summed E-state index contributed by atoms with van der Waals surface area (Å²) in [5.41, 5.74) is 1.50. The third-order valence-corrected chi connectivity index (χ3v) is 6.09. The molecule has 0 unspecified atom stereocenters. The summed E-state index contributed by atoms with van der Waals surface area (Å²) in [6.45, 7) is 1.22. The lowest BCUT2D eigenvalue weighted by molar-refractivity contribution is -0.136. The van der Waals surface area contributed by atoms with E-state index in [-0.39, 0.29) is 48.8 Å². The van der Waals surface area contributed by atoms with Crippen molar-refractivity contribution < 1.29 is 18.7 Å².